The van der Waals surface area contributed by atoms with E-state index < -0.39 is 29.6 Å². The number of aromatic nitrogens is 1. The molecule has 0 bridgehead atoms. The minimum absolute atomic E-state index is 0.113. The molecule has 0 aliphatic carbocycles. The van der Waals surface area contributed by atoms with Crippen molar-refractivity contribution in [2.45, 2.75) is 43.9 Å². The van der Waals surface area contributed by atoms with E-state index in [9.17, 15) is 26.3 Å². The predicted molar refractivity (Wildman–Crippen MR) is 89.2 cm³/mol. The molecular weight excluding hydrogens is 386 g/mol. The molecule has 1 aromatic heterocycles. The maximum absolute atomic E-state index is 13.0. The van der Waals surface area contributed by atoms with Crippen molar-refractivity contribution < 1.29 is 31.1 Å². The molecule has 152 valence electrons. The Morgan fingerprint density at radius 2 is 1.68 bits per heavy atom. The second kappa shape index (κ2) is 8.08. The van der Waals surface area contributed by atoms with E-state index in [1.165, 1.54) is 0 Å². The molecule has 0 radical (unpaired) electrons. The van der Waals surface area contributed by atoms with Gasteiger partial charge < -0.3 is 10.1 Å². The van der Waals surface area contributed by atoms with E-state index in [-0.39, 0.29) is 24.3 Å². The van der Waals surface area contributed by atoms with Crippen LogP contribution in [0.4, 0.5) is 26.3 Å². The molecule has 3 rings (SSSR count). The number of alkyl halides is 6. The Kier molecular flexibility index (Phi) is 5.95. The first-order valence-electron chi connectivity index (χ1n) is 8.69. The lowest BCUT2D eigenvalue weighted by Crippen LogP contribution is -2.39. The molecule has 2 heterocycles. The van der Waals surface area contributed by atoms with E-state index in [1.807, 2.05) is 0 Å². The van der Waals surface area contributed by atoms with Crippen LogP contribution in [0.5, 0.6) is 0 Å². The monoisotopic (exact) mass is 404 g/mol. The lowest BCUT2D eigenvalue weighted by Gasteiger charge is -2.32. The highest BCUT2D eigenvalue weighted by Crippen LogP contribution is 2.36. The van der Waals surface area contributed by atoms with Gasteiger partial charge in [0.15, 0.2) is 0 Å². The van der Waals surface area contributed by atoms with Gasteiger partial charge in [-0.2, -0.15) is 26.3 Å². The van der Waals surface area contributed by atoms with Crippen molar-refractivity contribution in [3.63, 3.8) is 0 Å². The second-order valence-corrected chi connectivity index (χ2v) is 6.59. The van der Waals surface area contributed by atoms with Gasteiger partial charge in [0.2, 0.25) is 0 Å². The summed E-state index contributed by atoms with van der Waals surface area (Å²) in [5.41, 5.74) is -2.15. The maximum atomic E-state index is 13.0. The molecule has 0 saturated carbocycles. The van der Waals surface area contributed by atoms with Gasteiger partial charge >= 0.3 is 12.4 Å². The summed E-state index contributed by atoms with van der Waals surface area (Å²) >= 11 is 0. The SMILES string of the molecule is FC(F)(F)c1cc(COC2CCCNC2c2ccccn2)cc(C(F)(F)F)c1. The van der Waals surface area contributed by atoms with Crippen LogP contribution in [-0.4, -0.2) is 17.6 Å². The van der Waals surface area contributed by atoms with Crippen LogP contribution in [0.1, 0.15) is 41.3 Å². The van der Waals surface area contributed by atoms with Crippen molar-refractivity contribution in [3.05, 3.63) is 65.0 Å². The average molecular weight is 404 g/mol. The zero-order valence-corrected chi connectivity index (χ0v) is 14.6. The number of nitrogens with zero attached hydrogens (tertiary/aromatic N) is 1. The zero-order valence-electron chi connectivity index (χ0n) is 14.6. The zero-order chi connectivity index (χ0) is 20.4. The van der Waals surface area contributed by atoms with Crippen molar-refractivity contribution >= 4 is 0 Å². The molecule has 1 aliphatic rings. The third kappa shape index (κ3) is 5.02. The highest BCUT2D eigenvalue weighted by molar-refractivity contribution is 5.33. The third-order valence-electron chi connectivity index (χ3n) is 4.52. The van der Waals surface area contributed by atoms with E-state index in [4.69, 9.17) is 4.74 Å². The Hall–Kier alpha value is -2.13. The Balaban J connectivity index is 1.81. The van der Waals surface area contributed by atoms with Crippen LogP contribution in [-0.2, 0) is 23.7 Å². The fourth-order valence-electron chi connectivity index (χ4n) is 3.20. The molecule has 1 fully saturated rings. The summed E-state index contributed by atoms with van der Waals surface area (Å²) in [5.74, 6) is 0. The van der Waals surface area contributed by atoms with E-state index in [0.717, 1.165) is 13.0 Å². The van der Waals surface area contributed by atoms with Crippen LogP contribution < -0.4 is 5.32 Å². The van der Waals surface area contributed by atoms with Crippen LogP contribution in [0.25, 0.3) is 0 Å². The van der Waals surface area contributed by atoms with Crippen molar-refractivity contribution in [3.8, 4) is 0 Å². The summed E-state index contributed by atoms with van der Waals surface area (Å²) in [6.45, 7) is 0.367. The largest absolute Gasteiger partial charge is 0.416 e. The van der Waals surface area contributed by atoms with Gasteiger partial charge in [0.1, 0.15) is 0 Å². The van der Waals surface area contributed by atoms with Gasteiger partial charge in [-0.1, -0.05) is 6.07 Å². The minimum Gasteiger partial charge on any atom is -0.371 e. The number of benzene rings is 1. The van der Waals surface area contributed by atoms with Crippen molar-refractivity contribution in [2.24, 2.45) is 0 Å². The molecule has 9 heteroatoms. The molecule has 2 aromatic rings. The van der Waals surface area contributed by atoms with Gasteiger partial charge in [0.05, 0.1) is 35.6 Å². The molecule has 28 heavy (non-hydrogen) atoms. The van der Waals surface area contributed by atoms with E-state index in [1.54, 1.807) is 24.4 Å². The van der Waals surface area contributed by atoms with Gasteiger partial charge in [0.25, 0.3) is 0 Å². The first-order valence-corrected chi connectivity index (χ1v) is 8.69. The molecule has 1 aliphatic heterocycles. The van der Waals surface area contributed by atoms with Gasteiger partial charge in [-0.15, -0.1) is 0 Å². The van der Waals surface area contributed by atoms with Crippen molar-refractivity contribution in [2.75, 3.05) is 6.54 Å². The average Bonchev–Trinajstić information content (AvgIpc) is 2.66. The summed E-state index contributed by atoms with van der Waals surface area (Å²) < 4.78 is 83.7. The highest BCUT2D eigenvalue weighted by atomic mass is 19.4. The number of pyridine rings is 1. The highest BCUT2D eigenvalue weighted by Gasteiger charge is 2.37. The fraction of sp³-hybridized carbons (Fsp3) is 0.421. The van der Waals surface area contributed by atoms with Crippen molar-refractivity contribution in [1.82, 2.24) is 10.3 Å². The molecule has 1 saturated heterocycles. The summed E-state index contributed by atoms with van der Waals surface area (Å²) in [7, 11) is 0. The number of halogens is 6. The smallest absolute Gasteiger partial charge is 0.371 e. The number of hydrogen-bond donors (Lipinski definition) is 1. The first kappa shape index (κ1) is 20.6. The Bertz CT molecular complexity index is 759. The number of rotatable bonds is 4. The number of piperidine rings is 1. The third-order valence-corrected chi connectivity index (χ3v) is 4.52. The molecule has 3 nitrogen and oxygen atoms in total. The first-order chi connectivity index (χ1) is 13.1. The van der Waals surface area contributed by atoms with E-state index in [0.29, 0.717) is 24.2 Å². The molecule has 0 amide bonds. The van der Waals surface area contributed by atoms with Gasteiger partial charge in [0, 0.05) is 6.20 Å². The van der Waals surface area contributed by atoms with Crippen LogP contribution in [0.2, 0.25) is 0 Å². The number of ether oxygens (including phenoxy) is 1. The Morgan fingerprint density at radius 1 is 1.00 bits per heavy atom. The maximum Gasteiger partial charge on any atom is 0.416 e. The summed E-state index contributed by atoms with van der Waals surface area (Å²) in [6.07, 6.45) is -7.14. The molecule has 0 spiro atoms. The summed E-state index contributed by atoms with van der Waals surface area (Å²) in [6, 6.07) is 6.58. The Morgan fingerprint density at radius 3 is 2.25 bits per heavy atom. The topological polar surface area (TPSA) is 34.1 Å². The van der Waals surface area contributed by atoms with Gasteiger partial charge in [-0.3, -0.25) is 4.98 Å². The lowest BCUT2D eigenvalue weighted by molar-refractivity contribution is -0.143. The van der Waals surface area contributed by atoms with E-state index >= 15 is 0 Å². The molecule has 2 unspecified atom stereocenters. The van der Waals surface area contributed by atoms with Gasteiger partial charge in [-0.25, -0.2) is 0 Å². The molecular formula is C19H18F6N2O. The molecule has 2 atom stereocenters. The minimum atomic E-state index is -4.88. The quantitative estimate of drug-likeness (QED) is 0.718. The van der Waals surface area contributed by atoms with Crippen molar-refractivity contribution in [1.29, 1.82) is 0 Å². The van der Waals surface area contributed by atoms with E-state index in [2.05, 4.69) is 10.3 Å². The van der Waals surface area contributed by atoms with Crippen LogP contribution in [0.15, 0.2) is 42.6 Å². The normalized spacial score (nSPS) is 20.9. The summed E-state index contributed by atoms with van der Waals surface area (Å²) in [5, 5.41) is 3.25. The Labute approximate surface area is 157 Å². The van der Waals surface area contributed by atoms with Crippen LogP contribution in [0.3, 0.4) is 0 Å². The predicted octanol–water partition coefficient (Wildman–Crippen LogP) is 5.13. The fourth-order valence-corrected chi connectivity index (χ4v) is 3.20. The van der Waals surface area contributed by atoms with Gasteiger partial charge in [-0.05, 0) is 55.3 Å². The second-order valence-electron chi connectivity index (χ2n) is 6.59. The molecule has 1 aromatic carbocycles. The lowest BCUT2D eigenvalue weighted by atomic mass is 9.97. The number of nitrogens with one attached hydrogen (secondary N) is 1. The summed E-state index contributed by atoms with van der Waals surface area (Å²) in [4.78, 5) is 4.26. The molecule has 1 N–H and O–H groups in total. The van der Waals surface area contributed by atoms with Crippen LogP contribution in [0, 0.1) is 0 Å². The number of hydrogen-bond acceptors (Lipinski definition) is 3. The standard InChI is InChI=1S/C19H18F6N2O/c20-18(21,22)13-8-12(9-14(10-13)19(23,24)25)11-28-16-5-3-7-27-17(16)15-4-1-2-6-26-15/h1-2,4,6,8-10,16-17,27H,3,5,7,11H2. The van der Waals surface area contributed by atoms with Crippen LogP contribution >= 0.6 is 0 Å².